The first-order chi connectivity index (χ1) is 16.7. The number of anilines is 2. The van der Waals surface area contributed by atoms with E-state index in [0.29, 0.717) is 29.8 Å². The van der Waals surface area contributed by atoms with Gasteiger partial charge in [-0.3, -0.25) is 4.79 Å². The standard InChI is InChI=1S/C27H25N3O4/c31-26-27(15-32-23-12-25-24(11-21(23)27)33-16-34-25)20-3-1-2-4-22(20)30(26)14-17-5-7-18(8-6-17)29-19-9-10-28-13-19/h1-8,11-12,19,28-29H,9-10,13-16H2/t19-,27?/m1/s1. The van der Waals surface area contributed by atoms with Crippen LogP contribution >= 0.6 is 0 Å². The van der Waals surface area contributed by atoms with Crippen LogP contribution in [0.1, 0.15) is 23.1 Å². The molecule has 2 N–H and O–H groups in total. The van der Waals surface area contributed by atoms with Gasteiger partial charge in [0.2, 0.25) is 12.7 Å². The van der Waals surface area contributed by atoms with Crippen molar-refractivity contribution in [1.29, 1.82) is 0 Å². The SMILES string of the molecule is O=C1N(Cc2ccc(N[C@@H]3CCNC3)cc2)c2ccccc2C12COc1cc3c(cc12)OCO3. The Hall–Kier alpha value is -3.71. The van der Waals surface area contributed by atoms with Crippen LogP contribution in [0, 0.1) is 0 Å². The lowest BCUT2D eigenvalue weighted by Gasteiger charge is -2.23. The fourth-order valence-corrected chi connectivity index (χ4v) is 5.62. The van der Waals surface area contributed by atoms with Crippen LogP contribution < -0.4 is 29.7 Å². The second kappa shape index (κ2) is 7.40. The largest absolute Gasteiger partial charge is 0.491 e. The molecule has 7 nitrogen and oxygen atoms in total. The zero-order valence-corrected chi connectivity index (χ0v) is 18.7. The Morgan fingerprint density at radius 1 is 0.971 bits per heavy atom. The Bertz CT molecular complexity index is 1290. The number of benzene rings is 3. The molecule has 7 rings (SSSR count). The lowest BCUT2D eigenvalue weighted by atomic mass is 9.77. The van der Waals surface area contributed by atoms with Crippen molar-refractivity contribution < 1.29 is 19.0 Å². The normalized spacial score (nSPS) is 23.8. The van der Waals surface area contributed by atoms with Crippen molar-refractivity contribution in [2.24, 2.45) is 0 Å². The lowest BCUT2D eigenvalue weighted by Crippen LogP contribution is -2.42. The highest BCUT2D eigenvalue weighted by molar-refractivity contribution is 6.11. The van der Waals surface area contributed by atoms with Crippen LogP contribution in [-0.2, 0) is 16.8 Å². The Morgan fingerprint density at radius 3 is 2.62 bits per heavy atom. The number of fused-ring (bicyclic) bond motifs is 5. The maximum atomic E-state index is 14.1. The second-order valence-corrected chi connectivity index (χ2v) is 9.34. The number of rotatable bonds is 4. The quantitative estimate of drug-likeness (QED) is 0.628. The van der Waals surface area contributed by atoms with Gasteiger partial charge in [-0.05, 0) is 48.4 Å². The lowest BCUT2D eigenvalue weighted by molar-refractivity contribution is -0.122. The van der Waals surface area contributed by atoms with Gasteiger partial charge in [0, 0.05) is 35.6 Å². The van der Waals surface area contributed by atoms with E-state index >= 15 is 0 Å². The molecule has 0 radical (unpaired) electrons. The minimum atomic E-state index is -0.871. The molecule has 4 heterocycles. The highest BCUT2D eigenvalue weighted by atomic mass is 16.7. The fourth-order valence-electron chi connectivity index (χ4n) is 5.62. The number of carbonyl (C=O) groups excluding carboxylic acids is 1. The van der Waals surface area contributed by atoms with Crippen molar-refractivity contribution in [2.75, 3.05) is 36.7 Å². The monoisotopic (exact) mass is 455 g/mol. The summed E-state index contributed by atoms with van der Waals surface area (Å²) in [7, 11) is 0. The average Bonchev–Trinajstić information content (AvgIpc) is 3.65. The molecule has 1 fully saturated rings. The third kappa shape index (κ3) is 2.83. The Morgan fingerprint density at radius 2 is 1.79 bits per heavy atom. The molecule has 172 valence electrons. The maximum Gasteiger partial charge on any atom is 0.246 e. The van der Waals surface area contributed by atoms with Crippen LogP contribution in [-0.4, -0.2) is 38.4 Å². The van der Waals surface area contributed by atoms with E-state index < -0.39 is 5.41 Å². The van der Waals surface area contributed by atoms with Crippen molar-refractivity contribution in [3.05, 3.63) is 77.4 Å². The predicted molar refractivity (Wildman–Crippen MR) is 128 cm³/mol. The molecule has 1 unspecified atom stereocenters. The number of nitrogens with zero attached hydrogens (tertiary/aromatic N) is 1. The van der Waals surface area contributed by atoms with Crippen LogP contribution in [0.4, 0.5) is 11.4 Å². The molecule has 1 amide bonds. The van der Waals surface area contributed by atoms with E-state index in [2.05, 4.69) is 34.9 Å². The molecule has 0 saturated carbocycles. The fraction of sp³-hybridized carbons (Fsp3) is 0.296. The van der Waals surface area contributed by atoms with Gasteiger partial charge in [0.1, 0.15) is 17.8 Å². The number of ether oxygens (including phenoxy) is 3. The summed E-state index contributed by atoms with van der Waals surface area (Å²) in [5.74, 6) is 2.04. The van der Waals surface area contributed by atoms with Gasteiger partial charge in [0.05, 0.1) is 6.54 Å². The van der Waals surface area contributed by atoms with Gasteiger partial charge in [-0.25, -0.2) is 0 Å². The van der Waals surface area contributed by atoms with Gasteiger partial charge < -0.3 is 29.7 Å². The first-order valence-electron chi connectivity index (χ1n) is 11.8. The van der Waals surface area contributed by atoms with Crippen molar-refractivity contribution in [3.63, 3.8) is 0 Å². The summed E-state index contributed by atoms with van der Waals surface area (Å²) in [6.07, 6.45) is 1.13. The molecule has 2 atom stereocenters. The first kappa shape index (κ1) is 19.7. The number of nitrogens with one attached hydrogen (secondary N) is 2. The molecule has 3 aromatic rings. The van der Waals surface area contributed by atoms with Gasteiger partial charge in [0.15, 0.2) is 11.5 Å². The number of amides is 1. The van der Waals surface area contributed by atoms with E-state index in [1.165, 1.54) is 0 Å². The minimum Gasteiger partial charge on any atom is -0.491 e. The van der Waals surface area contributed by atoms with E-state index in [1.54, 1.807) is 0 Å². The molecule has 0 aliphatic carbocycles. The van der Waals surface area contributed by atoms with Gasteiger partial charge in [-0.15, -0.1) is 0 Å². The van der Waals surface area contributed by atoms with Crippen LogP contribution in [0.3, 0.4) is 0 Å². The van der Waals surface area contributed by atoms with Crippen LogP contribution in [0.25, 0.3) is 0 Å². The molecule has 7 heteroatoms. The Balaban J connectivity index is 1.22. The first-order valence-corrected chi connectivity index (χ1v) is 11.8. The van der Waals surface area contributed by atoms with Crippen LogP contribution in [0.2, 0.25) is 0 Å². The molecule has 1 saturated heterocycles. The van der Waals surface area contributed by atoms with Crippen LogP contribution in [0.5, 0.6) is 17.2 Å². The van der Waals surface area contributed by atoms with Crippen molar-refractivity contribution in [3.8, 4) is 17.2 Å². The molecular weight excluding hydrogens is 430 g/mol. The number of hydrogen-bond acceptors (Lipinski definition) is 6. The summed E-state index contributed by atoms with van der Waals surface area (Å²) in [4.78, 5) is 16.0. The number of hydrogen-bond donors (Lipinski definition) is 2. The minimum absolute atomic E-state index is 0.0329. The molecule has 4 aliphatic rings. The third-order valence-corrected chi connectivity index (χ3v) is 7.37. The summed E-state index contributed by atoms with van der Waals surface area (Å²) in [5.41, 5.74) is 4.08. The third-order valence-electron chi connectivity index (χ3n) is 7.37. The zero-order chi connectivity index (χ0) is 22.7. The Labute approximate surface area is 197 Å². The molecule has 0 aromatic heterocycles. The molecule has 3 aromatic carbocycles. The summed E-state index contributed by atoms with van der Waals surface area (Å²) in [5, 5.41) is 6.95. The van der Waals surface area contributed by atoms with Gasteiger partial charge in [0.25, 0.3) is 0 Å². The predicted octanol–water partition coefficient (Wildman–Crippen LogP) is 3.41. The van der Waals surface area contributed by atoms with E-state index in [4.69, 9.17) is 14.2 Å². The highest BCUT2D eigenvalue weighted by Crippen LogP contribution is 2.55. The number of carbonyl (C=O) groups is 1. The van der Waals surface area contributed by atoms with Crippen molar-refractivity contribution >= 4 is 17.3 Å². The highest BCUT2D eigenvalue weighted by Gasteiger charge is 2.57. The zero-order valence-electron chi connectivity index (χ0n) is 18.7. The summed E-state index contributed by atoms with van der Waals surface area (Å²) in [6.45, 7) is 3.01. The average molecular weight is 456 g/mol. The summed E-state index contributed by atoms with van der Waals surface area (Å²) >= 11 is 0. The molecule has 1 spiro atoms. The second-order valence-electron chi connectivity index (χ2n) is 9.34. The van der Waals surface area contributed by atoms with Gasteiger partial charge >= 0.3 is 0 Å². The van der Waals surface area contributed by atoms with Crippen LogP contribution in [0.15, 0.2) is 60.7 Å². The van der Waals surface area contributed by atoms with Crippen molar-refractivity contribution in [1.82, 2.24) is 5.32 Å². The maximum absolute atomic E-state index is 14.1. The molecular formula is C27H25N3O4. The van der Waals surface area contributed by atoms with Crippen molar-refractivity contribution in [2.45, 2.75) is 24.4 Å². The van der Waals surface area contributed by atoms with E-state index in [1.807, 2.05) is 41.3 Å². The summed E-state index contributed by atoms with van der Waals surface area (Å²) in [6, 6.07) is 20.7. The molecule has 0 bridgehead atoms. The molecule has 34 heavy (non-hydrogen) atoms. The Kier molecular flexibility index (Phi) is 4.29. The van der Waals surface area contributed by atoms with E-state index in [9.17, 15) is 4.79 Å². The van der Waals surface area contributed by atoms with Gasteiger partial charge in [-0.2, -0.15) is 0 Å². The van der Waals surface area contributed by atoms with Gasteiger partial charge in [-0.1, -0.05) is 30.3 Å². The van der Waals surface area contributed by atoms with E-state index in [0.717, 1.165) is 47.6 Å². The summed E-state index contributed by atoms with van der Waals surface area (Å²) < 4.78 is 17.2. The molecule has 4 aliphatic heterocycles. The van der Waals surface area contributed by atoms with E-state index in [-0.39, 0.29) is 19.3 Å². The smallest absolute Gasteiger partial charge is 0.246 e. The number of para-hydroxylation sites is 1. The topological polar surface area (TPSA) is 72.1 Å².